The van der Waals surface area contributed by atoms with Crippen LogP contribution < -0.4 is 0 Å². The molecule has 0 bridgehead atoms. The molecule has 0 aromatic heterocycles. The Labute approximate surface area is 150 Å². The van der Waals surface area contributed by atoms with Crippen LogP contribution in [0, 0.1) is 0 Å². The number of hydrogen-bond acceptors (Lipinski definition) is 5. The van der Waals surface area contributed by atoms with Crippen molar-refractivity contribution < 1.29 is 19.1 Å². The lowest BCUT2D eigenvalue weighted by Gasteiger charge is -2.29. The molecule has 0 aliphatic carbocycles. The van der Waals surface area contributed by atoms with Gasteiger partial charge in [0, 0.05) is 18.7 Å². The van der Waals surface area contributed by atoms with Crippen LogP contribution in [-0.4, -0.2) is 24.0 Å². The van der Waals surface area contributed by atoms with Crippen molar-refractivity contribution in [2.45, 2.75) is 24.5 Å². The van der Waals surface area contributed by atoms with E-state index in [1.165, 1.54) is 24.8 Å². The van der Waals surface area contributed by atoms with E-state index in [0.29, 0.717) is 0 Å². The molecule has 0 spiro atoms. The van der Waals surface area contributed by atoms with Gasteiger partial charge in [-0.1, -0.05) is 36.4 Å². The van der Waals surface area contributed by atoms with Crippen LogP contribution in [0.2, 0.25) is 0 Å². The van der Waals surface area contributed by atoms with Crippen LogP contribution in [0.25, 0.3) is 17.2 Å². The maximum absolute atomic E-state index is 12.2. The van der Waals surface area contributed by atoms with E-state index < -0.39 is 17.7 Å². The number of ether oxygens (including phenoxy) is 2. The fourth-order valence-electron chi connectivity index (χ4n) is 2.59. The molecule has 1 aliphatic rings. The minimum absolute atomic E-state index is 0.104. The summed E-state index contributed by atoms with van der Waals surface area (Å²) in [6.07, 6.45) is 3.55. The lowest BCUT2D eigenvalue weighted by molar-refractivity contribution is -0.222. The molecule has 1 aliphatic heterocycles. The SMILES string of the molecule is CSc1ccc(-c2ccccc2C=C2C(=O)OC(C)(C)OC2=O)cc1. The van der Waals surface area contributed by atoms with Gasteiger partial charge in [-0.15, -0.1) is 11.8 Å². The van der Waals surface area contributed by atoms with Crippen molar-refractivity contribution >= 4 is 29.8 Å². The van der Waals surface area contributed by atoms with Gasteiger partial charge < -0.3 is 9.47 Å². The summed E-state index contributed by atoms with van der Waals surface area (Å²) < 4.78 is 10.3. The maximum Gasteiger partial charge on any atom is 0.348 e. The van der Waals surface area contributed by atoms with Crippen LogP contribution >= 0.6 is 11.8 Å². The molecule has 0 N–H and O–H groups in total. The molecule has 1 saturated heterocycles. The average molecular weight is 354 g/mol. The Bertz CT molecular complexity index is 828. The third-order valence-electron chi connectivity index (χ3n) is 3.78. The summed E-state index contributed by atoms with van der Waals surface area (Å²) in [5, 5.41) is 0. The highest BCUT2D eigenvalue weighted by atomic mass is 32.2. The smallest absolute Gasteiger partial charge is 0.348 e. The molecule has 0 radical (unpaired) electrons. The van der Waals surface area contributed by atoms with E-state index in [9.17, 15) is 9.59 Å². The van der Waals surface area contributed by atoms with Gasteiger partial charge in [0.15, 0.2) is 0 Å². The molecular weight excluding hydrogens is 336 g/mol. The summed E-state index contributed by atoms with van der Waals surface area (Å²) in [6, 6.07) is 15.7. The molecule has 0 atom stereocenters. The van der Waals surface area contributed by atoms with Gasteiger partial charge in [-0.2, -0.15) is 0 Å². The highest BCUT2D eigenvalue weighted by Gasteiger charge is 2.38. The lowest BCUT2D eigenvalue weighted by atomic mass is 9.98. The average Bonchev–Trinajstić information content (AvgIpc) is 2.58. The van der Waals surface area contributed by atoms with Gasteiger partial charge in [-0.05, 0) is 41.2 Å². The standard InChI is InChI=1S/C20H18O4S/c1-20(2)23-18(21)17(19(22)24-20)12-14-6-4-5-7-16(14)13-8-10-15(25-3)11-9-13/h4-12H,1-3H3. The molecule has 1 fully saturated rings. The van der Waals surface area contributed by atoms with E-state index in [1.54, 1.807) is 11.8 Å². The second kappa shape index (κ2) is 6.76. The van der Waals surface area contributed by atoms with E-state index in [4.69, 9.17) is 9.47 Å². The monoisotopic (exact) mass is 354 g/mol. The molecule has 1 heterocycles. The molecular formula is C20H18O4S. The summed E-state index contributed by atoms with van der Waals surface area (Å²) in [6.45, 7) is 3.06. The minimum Gasteiger partial charge on any atom is -0.419 e. The van der Waals surface area contributed by atoms with Crippen LogP contribution in [0.15, 0.2) is 59.0 Å². The van der Waals surface area contributed by atoms with E-state index in [1.807, 2.05) is 54.8 Å². The molecule has 4 nitrogen and oxygen atoms in total. The molecule has 0 saturated carbocycles. The van der Waals surface area contributed by atoms with Crippen molar-refractivity contribution in [2.75, 3.05) is 6.26 Å². The van der Waals surface area contributed by atoms with Crippen LogP contribution in [0.5, 0.6) is 0 Å². The normalized spacial score (nSPS) is 16.2. The number of thioether (sulfide) groups is 1. The first-order valence-corrected chi connectivity index (χ1v) is 9.04. The Morgan fingerprint density at radius 2 is 1.52 bits per heavy atom. The fraction of sp³-hybridized carbons (Fsp3) is 0.200. The topological polar surface area (TPSA) is 52.6 Å². The summed E-state index contributed by atoms with van der Waals surface area (Å²) in [5.41, 5.74) is 2.58. The number of benzene rings is 2. The Morgan fingerprint density at radius 3 is 2.12 bits per heavy atom. The first kappa shape index (κ1) is 17.3. The third kappa shape index (κ3) is 3.77. The predicted molar refractivity (Wildman–Crippen MR) is 97.9 cm³/mol. The van der Waals surface area contributed by atoms with Crippen LogP contribution in [0.3, 0.4) is 0 Å². The van der Waals surface area contributed by atoms with Crippen molar-refractivity contribution in [1.82, 2.24) is 0 Å². The molecule has 3 rings (SSSR count). The quantitative estimate of drug-likeness (QED) is 0.356. The van der Waals surface area contributed by atoms with Gasteiger partial charge in [0.05, 0.1) is 0 Å². The summed E-state index contributed by atoms with van der Waals surface area (Å²) in [4.78, 5) is 25.5. The van der Waals surface area contributed by atoms with Gasteiger partial charge in [0.25, 0.3) is 5.79 Å². The Kier molecular flexibility index (Phi) is 4.68. The predicted octanol–water partition coefficient (Wildman–Crippen LogP) is 4.30. The molecule has 2 aromatic rings. The Morgan fingerprint density at radius 1 is 0.920 bits per heavy atom. The van der Waals surface area contributed by atoms with Crippen molar-refractivity contribution in [3.05, 3.63) is 59.7 Å². The third-order valence-corrected chi connectivity index (χ3v) is 4.52. The molecule has 0 amide bonds. The first-order chi connectivity index (χ1) is 11.9. The maximum atomic E-state index is 12.2. The highest BCUT2D eigenvalue weighted by Crippen LogP contribution is 2.30. The molecule has 0 unspecified atom stereocenters. The molecule has 128 valence electrons. The van der Waals surface area contributed by atoms with Crippen molar-refractivity contribution in [1.29, 1.82) is 0 Å². The number of esters is 2. The second-order valence-electron chi connectivity index (χ2n) is 6.05. The van der Waals surface area contributed by atoms with Crippen LogP contribution in [-0.2, 0) is 19.1 Å². The van der Waals surface area contributed by atoms with E-state index in [2.05, 4.69) is 0 Å². The zero-order chi connectivity index (χ0) is 18.0. The largest absolute Gasteiger partial charge is 0.419 e. The van der Waals surface area contributed by atoms with Gasteiger partial charge in [-0.3, -0.25) is 0 Å². The van der Waals surface area contributed by atoms with Crippen molar-refractivity contribution in [2.24, 2.45) is 0 Å². The van der Waals surface area contributed by atoms with Crippen LogP contribution in [0.1, 0.15) is 19.4 Å². The number of hydrogen-bond donors (Lipinski definition) is 0. The summed E-state index contributed by atoms with van der Waals surface area (Å²) in [5.74, 6) is -2.58. The van der Waals surface area contributed by atoms with E-state index in [0.717, 1.165) is 16.7 Å². The number of carbonyl (C=O) groups excluding carboxylic acids is 2. The van der Waals surface area contributed by atoms with Gasteiger partial charge in [0.1, 0.15) is 5.57 Å². The van der Waals surface area contributed by atoms with E-state index in [-0.39, 0.29) is 5.57 Å². The number of rotatable bonds is 3. The van der Waals surface area contributed by atoms with Crippen molar-refractivity contribution in [3.8, 4) is 11.1 Å². The van der Waals surface area contributed by atoms with Crippen molar-refractivity contribution in [3.63, 3.8) is 0 Å². The zero-order valence-corrected chi connectivity index (χ0v) is 15.1. The number of carbonyl (C=O) groups is 2. The van der Waals surface area contributed by atoms with E-state index >= 15 is 0 Å². The number of cyclic esters (lactones) is 2. The molecule has 5 heteroatoms. The molecule has 25 heavy (non-hydrogen) atoms. The fourth-order valence-corrected chi connectivity index (χ4v) is 3.00. The highest BCUT2D eigenvalue weighted by molar-refractivity contribution is 7.98. The van der Waals surface area contributed by atoms with Gasteiger partial charge in [0.2, 0.25) is 0 Å². The lowest BCUT2D eigenvalue weighted by Crippen LogP contribution is -2.41. The Balaban J connectivity index is 2.01. The van der Waals surface area contributed by atoms with Gasteiger partial charge in [-0.25, -0.2) is 9.59 Å². The summed E-state index contributed by atoms with van der Waals surface area (Å²) in [7, 11) is 0. The first-order valence-electron chi connectivity index (χ1n) is 7.81. The minimum atomic E-state index is -1.24. The molecule has 2 aromatic carbocycles. The zero-order valence-electron chi connectivity index (χ0n) is 14.2. The van der Waals surface area contributed by atoms with Gasteiger partial charge >= 0.3 is 11.9 Å². The second-order valence-corrected chi connectivity index (χ2v) is 6.93. The van der Waals surface area contributed by atoms with Crippen LogP contribution in [0.4, 0.5) is 0 Å². The summed E-state index contributed by atoms with van der Waals surface area (Å²) >= 11 is 1.67. The Hall–Kier alpha value is -2.53.